The Morgan fingerprint density at radius 2 is 2.16 bits per heavy atom. The normalized spacial score (nSPS) is 11.0. The molecule has 0 unspecified atom stereocenters. The Bertz CT molecular complexity index is 553. The van der Waals surface area contributed by atoms with E-state index in [4.69, 9.17) is 4.74 Å². The van der Waals surface area contributed by atoms with E-state index in [-0.39, 0.29) is 6.04 Å². The highest BCUT2D eigenvalue weighted by Crippen LogP contribution is 2.20. The average Bonchev–Trinajstić information content (AvgIpc) is 2.85. The Morgan fingerprint density at radius 3 is 2.84 bits per heavy atom. The van der Waals surface area contributed by atoms with Crippen molar-refractivity contribution in [1.29, 1.82) is 0 Å². The third-order valence-corrected chi connectivity index (χ3v) is 3.22. The van der Waals surface area contributed by atoms with Gasteiger partial charge in [0.15, 0.2) is 5.82 Å². The summed E-state index contributed by atoms with van der Waals surface area (Å²) in [6.07, 6.45) is 1.55. The van der Waals surface area contributed by atoms with E-state index in [1.165, 1.54) is 0 Å². The van der Waals surface area contributed by atoms with Crippen molar-refractivity contribution in [3.05, 3.63) is 35.7 Å². The van der Waals surface area contributed by atoms with Crippen molar-refractivity contribution in [2.24, 2.45) is 0 Å². The third kappa shape index (κ3) is 3.32. The van der Waals surface area contributed by atoms with Gasteiger partial charge in [0.25, 0.3) is 0 Å². The first kappa shape index (κ1) is 14.0. The molecule has 102 valence electrons. The highest BCUT2D eigenvalue weighted by atomic mass is 79.9. The molecule has 0 aliphatic rings. The second-order valence-corrected chi connectivity index (χ2v) is 5.10. The molecule has 2 rings (SSSR count). The summed E-state index contributed by atoms with van der Waals surface area (Å²) in [5.41, 5.74) is 1.88. The van der Waals surface area contributed by atoms with Crippen LogP contribution in [-0.2, 0) is 11.9 Å². The fourth-order valence-corrected chi connectivity index (χ4v) is 2.18. The number of hydrogen-bond donors (Lipinski definition) is 0. The molecule has 0 atom stereocenters. The molecule has 0 saturated heterocycles. The minimum absolute atomic E-state index is 0.271. The lowest BCUT2D eigenvalue weighted by molar-refractivity contribution is 0.279. The van der Waals surface area contributed by atoms with E-state index >= 15 is 0 Å². The highest BCUT2D eigenvalue weighted by molar-refractivity contribution is 9.08. The lowest BCUT2D eigenvalue weighted by atomic mass is 10.3. The van der Waals surface area contributed by atoms with E-state index in [2.05, 4.69) is 44.8 Å². The van der Waals surface area contributed by atoms with Crippen LogP contribution in [0.25, 0.3) is 0 Å². The number of halogens is 1. The zero-order chi connectivity index (χ0) is 13.8. The standard InChI is InChI=1S/C13H17BrN4O/c1-9(2)18-13(15-8-16-18)7-19-12-5-4-10(3)17-11(12)6-14/h4-5,8-9H,6-7H2,1-3H3. The van der Waals surface area contributed by atoms with Crippen LogP contribution >= 0.6 is 15.9 Å². The van der Waals surface area contributed by atoms with Gasteiger partial charge < -0.3 is 4.74 Å². The van der Waals surface area contributed by atoms with Crippen molar-refractivity contribution in [2.75, 3.05) is 0 Å². The maximum atomic E-state index is 5.80. The molecule has 19 heavy (non-hydrogen) atoms. The first-order valence-electron chi connectivity index (χ1n) is 6.15. The summed E-state index contributed by atoms with van der Waals surface area (Å²) in [7, 11) is 0. The fourth-order valence-electron chi connectivity index (χ4n) is 1.78. The number of pyridine rings is 1. The summed E-state index contributed by atoms with van der Waals surface area (Å²) in [6.45, 7) is 6.49. The first-order valence-corrected chi connectivity index (χ1v) is 7.27. The van der Waals surface area contributed by atoms with Crippen molar-refractivity contribution in [3.63, 3.8) is 0 Å². The summed E-state index contributed by atoms with van der Waals surface area (Å²) >= 11 is 3.42. The number of nitrogens with zero attached hydrogens (tertiary/aromatic N) is 4. The smallest absolute Gasteiger partial charge is 0.165 e. The van der Waals surface area contributed by atoms with E-state index in [9.17, 15) is 0 Å². The van der Waals surface area contributed by atoms with Gasteiger partial charge in [0.1, 0.15) is 18.7 Å². The van der Waals surface area contributed by atoms with Gasteiger partial charge in [-0.05, 0) is 32.9 Å². The van der Waals surface area contributed by atoms with Gasteiger partial charge in [-0.1, -0.05) is 15.9 Å². The van der Waals surface area contributed by atoms with Crippen molar-refractivity contribution in [1.82, 2.24) is 19.7 Å². The highest BCUT2D eigenvalue weighted by Gasteiger charge is 2.10. The average molecular weight is 325 g/mol. The van der Waals surface area contributed by atoms with Crippen LogP contribution in [0.5, 0.6) is 5.75 Å². The van der Waals surface area contributed by atoms with Crippen LogP contribution in [-0.4, -0.2) is 19.7 Å². The maximum Gasteiger partial charge on any atom is 0.165 e. The molecule has 6 heteroatoms. The zero-order valence-electron chi connectivity index (χ0n) is 11.3. The van der Waals surface area contributed by atoms with Crippen LogP contribution in [0.2, 0.25) is 0 Å². The molecule has 0 fully saturated rings. The summed E-state index contributed by atoms with van der Waals surface area (Å²) in [5, 5.41) is 4.85. The van der Waals surface area contributed by atoms with E-state index in [1.807, 2.05) is 23.7 Å². The number of alkyl halides is 1. The maximum absolute atomic E-state index is 5.80. The number of aryl methyl sites for hydroxylation is 1. The molecule has 0 aromatic carbocycles. The Kier molecular flexibility index (Phi) is 4.52. The molecular weight excluding hydrogens is 308 g/mol. The van der Waals surface area contributed by atoms with Crippen molar-refractivity contribution in [3.8, 4) is 5.75 Å². The molecule has 2 aromatic heterocycles. The number of hydrogen-bond acceptors (Lipinski definition) is 4. The molecule has 0 radical (unpaired) electrons. The largest absolute Gasteiger partial charge is 0.484 e. The minimum atomic E-state index is 0.271. The van der Waals surface area contributed by atoms with Crippen molar-refractivity contribution >= 4 is 15.9 Å². The molecular formula is C13H17BrN4O. The fraction of sp³-hybridized carbons (Fsp3) is 0.462. The molecule has 0 bridgehead atoms. The summed E-state index contributed by atoms with van der Waals surface area (Å²) < 4.78 is 7.66. The van der Waals surface area contributed by atoms with Gasteiger partial charge in [0, 0.05) is 17.1 Å². The van der Waals surface area contributed by atoms with Gasteiger partial charge in [-0.25, -0.2) is 9.67 Å². The first-order chi connectivity index (χ1) is 9.11. The van der Waals surface area contributed by atoms with Crippen LogP contribution in [0.4, 0.5) is 0 Å². The number of rotatable bonds is 5. The van der Waals surface area contributed by atoms with Crippen LogP contribution < -0.4 is 4.74 Å². The van der Waals surface area contributed by atoms with Crippen LogP contribution in [0, 0.1) is 6.92 Å². The summed E-state index contributed by atoms with van der Waals surface area (Å²) in [5.74, 6) is 1.59. The third-order valence-electron chi connectivity index (χ3n) is 2.69. The molecule has 2 heterocycles. The Balaban J connectivity index is 2.12. The van der Waals surface area contributed by atoms with Gasteiger partial charge in [-0.3, -0.25) is 4.98 Å². The Hall–Kier alpha value is -1.43. The molecule has 0 aliphatic carbocycles. The lowest BCUT2D eigenvalue weighted by Crippen LogP contribution is -2.11. The second-order valence-electron chi connectivity index (χ2n) is 4.53. The Labute approximate surface area is 121 Å². The number of aromatic nitrogens is 4. The van der Waals surface area contributed by atoms with Crippen LogP contribution in [0.15, 0.2) is 18.5 Å². The monoisotopic (exact) mass is 324 g/mol. The van der Waals surface area contributed by atoms with Gasteiger partial charge in [0.2, 0.25) is 0 Å². The molecule has 0 spiro atoms. The van der Waals surface area contributed by atoms with Gasteiger partial charge in [-0.2, -0.15) is 5.10 Å². The van der Waals surface area contributed by atoms with Gasteiger partial charge in [0.05, 0.1) is 5.69 Å². The SMILES string of the molecule is Cc1ccc(OCc2ncnn2C(C)C)c(CBr)n1. The van der Waals surface area contributed by atoms with Crippen LogP contribution in [0.3, 0.4) is 0 Å². The topological polar surface area (TPSA) is 52.8 Å². The molecule has 0 saturated carbocycles. The minimum Gasteiger partial charge on any atom is -0.484 e. The predicted molar refractivity (Wildman–Crippen MR) is 76.3 cm³/mol. The van der Waals surface area contributed by atoms with E-state index in [0.717, 1.165) is 23.0 Å². The van der Waals surface area contributed by atoms with Gasteiger partial charge >= 0.3 is 0 Å². The predicted octanol–water partition coefficient (Wildman–Crippen LogP) is 3.04. The van der Waals surface area contributed by atoms with E-state index in [1.54, 1.807) is 6.33 Å². The molecule has 0 aliphatic heterocycles. The lowest BCUT2D eigenvalue weighted by Gasteiger charge is -2.12. The van der Waals surface area contributed by atoms with E-state index < -0.39 is 0 Å². The van der Waals surface area contributed by atoms with Gasteiger partial charge in [-0.15, -0.1) is 0 Å². The quantitative estimate of drug-likeness (QED) is 0.793. The van der Waals surface area contributed by atoms with Crippen LogP contribution in [0.1, 0.15) is 37.1 Å². The second kappa shape index (κ2) is 6.14. The molecule has 0 N–H and O–H groups in total. The summed E-state index contributed by atoms with van der Waals surface area (Å²) in [4.78, 5) is 8.65. The van der Waals surface area contributed by atoms with Crippen molar-refractivity contribution < 1.29 is 4.74 Å². The Morgan fingerprint density at radius 1 is 1.37 bits per heavy atom. The number of ether oxygens (including phenoxy) is 1. The van der Waals surface area contributed by atoms with Crippen molar-refractivity contribution in [2.45, 2.75) is 38.8 Å². The zero-order valence-corrected chi connectivity index (χ0v) is 12.9. The molecule has 0 amide bonds. The van der Waals surface area contributed by atoms with E-state index in [0.29, 0.717) is 11.9 Å². The molecule has 2 aromatic rings. The summed E-state index contributed by atoms with van der Waals surface area (Å²) in [6, 6.07) is 4.15. The molecule has 5 nitrogen and oxygen atoms in total.